The quantitative estimate of drug-likeness (QED) is 0.638. The fraction of sp³-hybridized carbons (Fsp3) is 0. The second-order valence-corrected chi connectivity index (χ2v) is 2.48. The summed E-state index contributed by atoms with van der Waals surface area (Å²) in [4.78, 5) is 14.5. The lowest BCUT2D eigenvalue weighted by Gasteiger charge is -2.01. The minimum atomic E-state index is 0.395. The van der Waals surface area contributed by atoms with Crippen molar-refractivity contribution < 1.29 is 4.79 Å². The van der Waals surface area contributed by atoms with Crippen LogP contribution in [-0.4, -0.2) is 21.1 Å². The minimum absolute atomic E-state index is 0.395. The second-order valence-electron chi connectivity index (χ2n) is 2.48. The number of rotatable bonds is 2. The van der Waals surface area contributed by atoms with E-state index >= 15 is 0 Å². The Labute approximate surface area is 74.8 Å². The van der Waals surface area contributed by atoms with E-state index in [1.54, 1.807) is 41.5 Å². The molecule has 0 radical (unpaired) electrons. The molecule has 2 rings (SSSR count). The molecule has 64 valence electrons. The molecule has 0 aliphatic heterocycles. The van der Waals surface area contributed by atoms with Gasteiger partial charge >= 0.3 is 0 Å². The van der Waals surface area contributed by atoms with Crippen LogP contribution in [0.1, 0.15) is 10.5 Å². The summed E-state index contributed by atoms with van der Waals surface area (Å²) >= 11 is 0. The summed E-state index contributed by atoms with van der Waals surface area (Å²) in [5.41, 5.74) is 1.09. The van der Waals surface area contributed by atoms with Gasteiger partial charge in [-0.05, 0) is 18.2 Å². The maximum atomic E-state index is 10.6. The number of hydrogen-bond acceptors (Lipinski definition) is 3. The Morgan fingerprint density at radius 2 is 2.23 bits per heavy atom. The Hall–Kier alpha value is -1.97. The number of nitrogens with zero attached hydrogens (tertiary/aromatic N) is 3. The number of pyridine rings is 1. The van der Waals surface area contributed by atoms with Gasteiger partial charge in [-0.15, -0.1) is 0 Å². The first-order chi connectivity index (χ1) is 6.42. The van der Waals surface area contributed by atoms with Crippen molar-refractivity contribution in [3.05, 3.63) is 42.5 Å². The number of carbonyl (C=O) groups excluding carboxylic acids is 1. The molecule has 0 aliphatic carbocycles. The van der Waals surface area contributed by atoms with E-state index < -0.39 is 0 Å². The van der Waals surface area contributed by atoms with Crippen LogP contribution < -0.4 is 0 Å². The summed E-state index contributed by atoms with van der Waals surface area (Å²) in [5.74, 6) is 0. The lowest BCUT2D eigenvalue weighted by atomic mass is 10.3. The molecule has 4 nitrogen and oxygen atoms in total. The number of aldehydes is 1. The van der Waals surface area contributed by atoms with E-state index in [0.29, 0.717) is 11.4 Å². The van der Waals surface area contributed by atoms with E-state index in [-0.39, 0.29) is 0 Å². The van der Waals surface area contributed by atoms with Gasteiger partial charge in [0.15, 0.2) is 6.29 Å². The van der Waals surface area contributed by atoms with Crippen molar-refractivity contribution in [2.75, 3.05) is 0 Å². The summed E-state index contributed by atoms with van der Waals surface area (Å²) in [6, 6.07) is 5.36. The zero-order valence-electron chi connectivity index (χ0n) is 6.79. The van der Waals surface area contributed by atoms with Crippen LogP contribution in [0.4, 0.5) is 0 Å². The van der Waals surface area contributed by atoms with Gasteiger partial charge < -0.3 is 0 Å². The lowest BCUT2D eigenvalue weighted by Crippen LogP contribution is -2.00. The van der Waals surface area contributed by atoms with Gasteiger partial charge in [0.1, 0.15) is 5.69 Å². The monoisotopic (exact) mass is 173 g/mol. The Bertz CT molecular complexity index is 409. The van der Waals surface area contributed by atoms with Crippen molar-refractivity contribution in [2.24, 2.45) is 0 Å². The molecule has 0 atom stereocenters. The van der Waals surface area contributed by atoms with Gasteiger partial charge in [-0.2, -0.15) is 5.10 Å². The van der Waals surface area contributed by atoms with Crippen LogP contribution in [0.5, 0.6) is 0 Å². The average Bonchev–Trinajstić information content (AvgIpc) is 2.70. The first kappa shape index (κ1) is 7.67. The fourth-order valence-corrected chi connectivity index (χ4v) is 1.10. The number of aromatic nitrogens is 3. The Morgan fingerprint density at radius 3 is 2.92 bits per heavy atom. The van der Waals surface area contributed by atoms with Crippen molar-refractivity contribution in [3.63, 3.8) is 0 Å². The van der Waals surface area contributed by atoms with Gasteiger partial charge in [-0.3, -0.25) is 9.78 Å². The highest BCUT2D eigenvalue weighted by Crippen LogP contribution is 2.07. The predicted molar refractivity (Wildman–Crippen MR) is 46.7 cm³/mol. The molecule has 2 aromatic rings. The molecular weight excluding hydrogens is 166 g/mol. The molecule has 2 aromatic heterocycles. The van der Waals surface area contributed by atoms with E-state index in [1.165, 1.54) is 0 Å². The van der Waals surface area contributed by atoms with E-state index in [2.05, 4.69) is 10.1 Å². The van der Waals surface area contributed by atoms with Crippen LogP contribution in [0.2, 0.25) is 0 Å². The van der Waals surface area contributed by atoms with Crippen molar-refractivity contribution >= 4 is 6.29 Å². The zero-order valence-corrected chi connectivity index (χ0v) is 6.79. The van der Waals surface area contributed by atoms with E-state index in [1.807, 2.05) is 0 Å². The third kappa shape index (κ3) is 1.33. The van der Waals surface area contributed by atoms with Crippen molar-refractivity contribution in [2.45, 2.75) is 0 Å². The van der Waals surface area contributed by atoms with Gasteiger partial charge in [-0.1, -0.05) is 0 Å². The molecule has 0 N–H and O–H groups in total. The normalized spacial score (nSPS) is 9.85. The van der Waals surface area contributed by atoms with Crippen LogP contribution in [0.3, 0.4) is 0 Å². The third-order valence-corrected chi connectivity index (χ3v) is 1.68. The predicted octanol–water partition coefficient (Wildman–Crippen LogP) is 1.08. The van der Waals surface area contributed by atoms with Crippen LogP contribution in [0, 0.1) is 0 Å². The van der Waals surface area contributed by atoms with Gasteiger partial charge in [0.25, 0.3) is 0 Å². The maximum absolute atomic E-state index is 10.6. The summed E-state index contributed by atoms with van der Waals surface area (Å²) in [5, 5.41) is 4.01. The summed E-state index contributed by atoms with van der Waals surface area (Å²) in [7, 11) is 0. The van der Waals surface area contributed by atoms with Gasteiger partial charge in [-0.25, -0.2) is 4.68 Å². The maximum Gasteiger partial charge on any atom is 0.170 e. The number of hydrogen-bond donors (Lipinski definition) is 0. The fourth-order valence-electron chi connectivity index (χ4n) is 1.10. The Balaban J connectivity index is 2.57. The Morgan fingerprint density at radius 1 is 1.31 bits per heavy atom. The Kier molecular flexibility index (Phi) is 1.88. The molecule has 0 spiro atoms. The van der Waals surface area contributed by atoms with Crippen LogP contribution >= 0.6 is 0 Å². The van der Waals surface area contributed by atoms with Gasteiger partial charge in [0, 0.05) is 18.6 Å². The molecule has 0 aromatic carbocycles. The third-order valence-electron chi connectivity index (χ3n) is 1.68. The first-order valence-electron chi connectivity index (χ1n) is 3.82. The standard InChI is InChI=1S/C9H7N3O/c13-7-8-9(3-1-4-10-8)12-6-2-5-11-12/h1-7H. The molecule has 0 amide bonds. The topological polar surface area (TPSA) is 47.8 Å². The number of carbonyl (C=O) groups is 1. The SMILES string of the molecule is O=Cc1ncccc1-n1cccn1. The molecule has 0 aliphatic rings. The minimum Gasteiger partial charge on any atom is -0.296 e. The highest BCUT2D eigenvalue weighted by Gasteiger charge is 2.02. The highest BCUT2D eigenvalue weighted by molar-refractivity contribution is 5.77. The van der Waals surface area contributed by atoms with Crippen LogP contribution in [0.15, 0.2) is 36.8 Å². The molecule has 2 heterocycles. The van der Waals surface area contributed by atoms with Gasteiger partial charge in [0.05, 0.1) is 5.69 Å². The summed E-state index contributed by atoms with van der Waals surface area (Å²) in [6.45, 7) is 0. The summed E-state index contributed by atoms with van der Waals surface area (Å²) in [6.07, 6.45) is 5.72. The zero-order chi connectivity index (χ0) is 9.10. The molecule has 0 bridgehead atoms. The highest BCUT2D eigenvalue weighted by atomic mass is 16.1. The van der Waals surface area contributed by atoms with Crippen molar-refractivity contribution in [1.82, 2.24) is 14.8 Å². The molecule has 0 saturated heterocycles. The van der Waals surface area contributed by atoms with Crippen molar-refractivity contribution in [3.8, 4) is 5.69 Å². The average molecular weight is 173 g/mol. The molecule has 4 heteroatoms. The van der Waals surface area contributed by atoms with Crippen LogP contribution in [0.25, 0.3) is 5.69 Å². The smallest absolute Gasteiger partial charge is 0.170 e. The summed E-state index contributed by atoms with van der Waals surface area (Å²) < 4.78 is 1.61. The van der Waals surface area contributed by atoms with Crippen LogP contribution in [-0.2, 0) is 0 Å². The first-order valence-corrected chi connectivity index (χ1v) is 3.82. The molecule has 0 unspecified atom stereocenters. The van der Waals surface area contributed by atoms with E-state index in [9.17, 15) is 4.79 Å². The molecule has 0 saturated carbocycles. The van der Waals surface area contributed by atoms with Gasteiger partial charge in [0.2, 0.25) is 0 Å². The lowest BCUT2D eigenvalue weighted by molar-refractivity contribution is 0.111. The van der Waals surface area contributed by atoms with Crippen molar-refractivity contribution in [1.29, 1.82) is 0 Å². The van der Waals surface area contributed by atoms with E-state index in [4.69, 9.17) is 0 Å². The second kappa shape index (κ2) is 3.18. The molecule has 13 heavy (non-hydrogen) atoms. The largest absolute Gasteiger partial charge is 0.296 e. The van der Waals surface area contributed by atoms with E-state index in [0.717, 1.165) is 6.29 Å². The molecule has 0 fully saturated rings. The molecular formula is C9H7N3O.